The summed E-state index contributed by atoms with van der Waals surface area (Å²) < 4.78 is 17.9. The van der Waals surface area contributed by atoms with Gasteiger partial charge in [-0.15, -0.1) is 11.8 Å². The minimum atomic E-state index is -1.59. The molecule has 0 saturated heterocycles. The Morgan fingerprint density at radius 3 is 2.65 bits per heavy atom. The van der Waals surface area contributed by atoms with Crippen LogP contribution in [0.25, 0.3) is 0 Å². The smallest absolute Gasteiger partial charge is 0.338 e. The number of carboxylic acid groups (broad SMARTS) is 1. The van der Waals surface area contributed by atoms with Crippen molar-refractivity contribution in [3.63, 3.8) is 0 Å². The van der Waals surface area contributed by atoms with Crippen molar-refractivity contribution < 1.29 is 28.7 Å². The van der Waals surface area contributed by atoms with Crippen molar-refractivity contribution in [2.24, 2.45) is 0 Å². The van der Waals surface area contributed by atoms with Gasteiger partial charge in [-0.25, -0.2) is 9.18 Å². The Hall–Kier alpha value is -2.16. The predicted octanol–water partition coefficient (Wildman–Crippen LogP) is 2.09. The lowest BCUT2D eigenvalue weighted by Crippen LogP contribution is -2.04. The number of methoxy groups -OCH3 is 1. The highest BCUT2D eigenvalue weighted by Gasteiger charge is 2.22. The molecule has 7 nitrogen and oxygen atoms in total. The van der Waals surface area contributed by atoms with Crippen LogP contribution in [-0.4, -0.2) is 34.8 Å². The van der Waals surface area contributed by atoms with Crippen LogP contribution in [0, 0.1) is 15.9 Å². The number of hydrogen-bond donors (Lipinski definition) is 1. The monoisotopic (exact) mass is 303 g/mol. The number of thioether (sulfide) groups is 1. The highest BCUT2D eigenvalue weighted by Crippen LogP contribution is 2.32. The predicted molar refractivity (Wildman–Crippen MR) is 67.4 cm³/mol. The lowest BCUT2D eigenvalue weighted by Gasteiger charge is -2.05. The Labute approximate surface area is 116 Å². The van der Waals surface area contributed by atoms with Gasteiger partial charge in [0, 0.05) is 11.8 Å². The summed E-state index contributed by atoms with van der Waals surface area (Å²) in [5, 5.41) is 19.6. The number of carbonyl (C=O) groups is 2. The number of nitro benzene ring substituents is 1. The van der Waals surface area contributed by atoms with Crippen LogP contribution in [0.2, 0.25) is 0 Å². The normalized spacial score (nSPS) is 10.1. The van der Waals surface area contributed by atoms with E-state index in [4.69, 9.17) is 5.11 Å². The van der Waals surface area contributed by atoms with Gasteiger partial charge in [0.15, 0.2) is 0 Å². The molecule has 0 bridgehead atoms. The number of benzene rings is 1. The Morgan fingerprint density at radius 1 is 1.50 bits per heavy atom. The van der Waals surface area contributed by atoms with Crippen LogP contribution in [0.4, 0.5) is 10.1 Å². The number of ether oxygens (including phenoxy) is 1. The molecule has 1 N–H and O–H groups in total. The Kier molecular flexibility index (Phi) is 5.44. The molecular formula is C11H10FNO6S. The topological polar surface area (TPSA) is 107 Å². The fraction of sp³-hybridized carbons (Fsp3) is 0.273. The summed E-state index contributed by atoms with van der Waals surface area (Å²) in [5.41, 5.74) is -1.28. The van der Waals surface area contributed by atoms with E-state index in [0.29, 0.717) is 6.07 Å². The number of nitro groups is 1. The number of halogens is 1. The number of esters is 1. The molecule has 0 spiro atoms. The number of carbonyl (C=O) groups excluding carboxylic acids is 1. The number of rotatable bonds is 6. The summed E-state index contributed by atoms with van der Waals surface area (Å²) in [5.74, 6) is -3.00. The molecule has 1 aromatic carbocycles. The molecule has 0 radical (unpaired) electrons. The Bertz CT molecular complexity index is 562. The van der Waals surface area contributed by atoms with Gasteiger partial charge in [-0.05, 0) is 6.07 Å². The molecule has 1 rings (SSSR count). The highest BCUT2D eigenvalue weighted by molar-refractivity contribution is 7.99. The maximum Gasteiger partial charge on any atom is 0.338 e. The largest absolute Gasteiger partial charge is 0.478 e. The highest BCUT2D eigenvalue weighted by atomic mass is 32.2. The van der Waals surface area contributed by atoms with Gasteiger partial charge < -0.3 is 9.84 Å². The first kappa shape index (κ1) is 15.9. The SMILES string of the molecule is COC(=O)CCSc1cc(F)c(C(=O)O)cc1[N+](=O)[O-]. The van der Waals surface area contributed by atoms with Crippen LogP contribution in [0.15, 0.2) is 17.0 Å². The average molecular weight is 303 g/mol. The second-order valence-electron chi connectivity index (χ2n) is 3.54. The van der Waals surface area contributed by atoms with E-state index >= 15 is 0 Å². The van der Waals surface area contributed by atoms with Crippen molar-refractivity contribution in [3.8, 4) is 0 Å². The molecule has 9 heteroatoms. The van der Waals surface area contributed by atoms with Gasteiger partial charge in [0.2, 0.25) is 0 Å². The van der Waals surface area contributed by atoms with E-state index in [-0.39, 0.29) is 17.1 Å². The molecule has 0 aromatic heterocycles. The van der Waals surface area contributed by atoms with E-state index in [1.165, 1.54) is 7.11 Å². The van der Waals surface area contributed by atoms with Crippen molar-refractivity contribution in [2.45, 2.75) is 11.3 Å². The van der Waals surface area contributed by atoms with Gasteiger partial charge in [-0.2, -0.15) is 0 Å². The van der Waals surface area contributed by atoms with Crippen LogP contribution in [-0.2, 0) is 9.53 Å². The fourth-order valence-electron chi connectivity index (χ4n) is 1.31. The third-order valence-corrected chi connectivity index (χ3v) is 3.31. The van der Waals surface area contributed by atoms with E-state index in [2.05, 4.69) is 4.74 Å². The maximum absolute atomic E-state index is 13.5. The van der Waals surface area contributed by atoms with Crippen LogP contribution < -0.4 is 0 Å². The second kappa shape index (κ2) is 6.85. The number of nitrogens with zero attached hydrogens (tertiary/aromatic N) is 1. The molecule has 0 amide bonds. The first-order chi connectivity index (χ1) is 9.36. The van der Waals surface area contributed by atoms with Crippen LogP contribution in [0.3, 0.4) is 0 Å². The molecule has 0 fully saturated rings. The summed E-state index contributed by atoms with van der Waals surface area (Å²) in [4.78, 5) is 31.6. The van der Waals surface area contributed by atoms with E-state index < -0.39 is 33.9 Å². The fourth-order valence-corrected chi connectivity index (χ4v) is 2.27. The van der Waals surface area contributed by atoms with Crippen LogP contribution in [0.5, 0.6) is 0 Å². The van der Waals surface area contributed by atoms with Crippen molar-refractivity contribution in [3.05, 3.63) is 33.6 Å². The summed E-state index contributed by atoms with van der Waals surface area (Å²) in [6.07, 6.45) is 0.000617. The first-order valence-electron chi connectivity index (χ1n) is 5.27. The molecule has 1 aromatic rings. The Balaban J connectivity index is 3.00. The van der Waals surface area contributed by atoms with Gasteiger partial charge in [-0.3, -0.25) is 14.9 Å². The Morgan fingerprint density at radius 2 is 2.15 bits per heavy atom. The molecule has 20 heavy (non-hydrogen) atoms. The summed E-state index contributed by atoms with van der Waals surface area (Å²) >= 11 is 0.878. The van der Waals surface area contributed by atoms with Crippen LogP contribution in [0.1, 0.15) is 16.8 Å². The first-order valence-corrected chi connectivity index (χ1v) is 6.26. The third-order valence-electron chi connectivity index (χ3n) is 2.27. The molecule has 0 heterocycles. The lowest BCUT2D eigenvalue weighted by atomic mass is 10.2. The average Bonchev–Trinajstić information content (AvgIpc) is 2.37. The molecule has 0 atom stereocenters. The quantitative estimate of drug-likeness (QED) is 0.371. The molecule has 0 saturated carbocycles. The summed E-state index contributed by atoms with van der Waals surface area (Å²) in [6.45, 7) is 0. The molecule has 0 aliphatic rings. The van der Waals surface area contributed by atoms with E-state index in [1.807, 2.05) is 0 Å². The van der Waals surface area contributed by atoms with Crippen molar-refractivity contribution >= 4 is 29.4 Å². The molecule has 0 aliphatic carbocycles. The zero-order valence-electron chi connectivity index (χ0n) is 10.3. The number of aromatic carboxylic acids is 1. The van der Waals surface area contributed by atoms with Gasteiger partial charge in [0.1, 0.15) is 11.4 Å². The number of hydrogen-bond acceptors (Lipinski definition) is 6. The summed E-state index contributed by atoms with van der Waals surface area (Å²) in [7, 11) is 1.21. The molecule has 108 valence electrons. The van der Waals surface area contributed by atoms with E-state index in [0.717, 1.165) is 17.8 Å². The summed E-state index contributed by atoms with van der Waals surface area (Å²) in [6, 6.07) is 1.45. The number of carboxylic acids is 1. The second-order valence-corrected chi connectivity index (χ2v) is 4.67. The lowest BCUT2D eigenvalue weighted by molar-refractivity contribution is -0.387. The minimum Gasteiger partial charge on any atom is -0.478 e. The van der Waals surface area contributed by atoms with Gasteiger partial charge in [-0.1, -0.05) is 0 Å². The van der Waals surface area contributed by atoms with E-state index in [9.17, 15) is 24.1 Å². The molecule has 0 unspecified atom stereocenters. The van der Waals surface area contributed by atoms with E-state index in [1.54, 1.807) is 0 Å². The van der Waals surface area contributed by atoms with Crippen molar-refractivity contribution in [1.29, 1.82) is 0 Å². The molecular weight excluding hydrogens is 293 g/mol. The zero-order chi connectivity index (χ0) is 15.3. The molecule has 0 aliphatic heterocycles. The standard InChI is InChI=1S/C11H10FNO6S/c1-19-10(14)2-3-20-9-5-7(12)6(11(15)16)4-8(9)13(17)18/h4-5H,2-3H2,1H3,(H,15,16). The van der Waals surface area contributed by atoms with Crippen LogP contribution >= 0.6 is 11.8 Å². The minimum absolute atomic E-state index is 0.000617. The van der Waals surface area contributed by atoms with Gasteiger partial charge in [0.05, 0.1) is 23.3 Å². The third kappa shape index (κ3) is 3.92. The van der Waals surface area contributed by atoms with Crippen molar-refractivity contribution in [2.75, 3.05) is 12.9 Å². The maximum atomic E-state index is 13.5. The van der Waals surface area contributed by atoms with Gasteiger partial charge in [0.25, 0.3) is 5.69 Å². The van der Waals surface area contributed by atoms with Crippen molar-refractivity contribution in [1.82, 2.24) is 0 Å². The van der Waals surface area contributed by atoms with Gasteiger partial charge >= 0.3 is 11.9 Å². The zero-order valence-corrected chi connectivity index (χ0v) is 11.1.